The van der Waals surface area contributed by atoms with Gasteiger partial charge in [-0.05, 0) is 49.3 Å². The van der Waals surface area contributed by atoms with Gasteiger partial charge in [0.2, 0.25) is 70.9 Å². The lowest BCUT2D eigenvalue weighted by Gasteiger charge is -2.31. The Hall–Kier alpha value is -7.38. The molecule has 1 aromatic rings. The number of phenols is 1. The van der Waals surface area contributed by atoms with Gasteiger partial charge in [0.1, 0.15) is 54.1 Å². The topological polar surface area (TPSA) is 437 Å². The second-order valence-corrected chi connectivity index (χ2v) is 20.0. The molecule has 0 spiro atoms. The Morgan fingerprint density at radius 2 is 0.961 bits per heavy atom. The van der Waals surface area contributed by atoms with E-state index in [4.69, 9.17) is 22.9 Å². The monoisotopic (exact) mass is 1080 g/mol. The van der Waals surface area contributed by atoms with Gasteiger partial charge in [0.05, 0.1) is 25.9 Å². The molecule has 9 atom stereocenters. The molecule has 0 aromatic heterocycles. The van der Waals surface area contributed by atoms with Gasteiger partial charge in [-0.2, -0.15) is 0 Å². The quantitative estimate of drug-likeness (QED) is 0.0453. The summed E-state index contributed by atoms with van der Waals surface area (Å²) in [5.74, 6) is -12.4. The average molecular weight is 1090 g/mol. The van der Waals surface area contributed by atoms with Gasteiger partial charge in [0, 0.05) is 19.4 Å². The molecule has 0 aliphatic carbocycles. The van der Waals surface area contributed by atoms with Crippen LogP contribution in [-0.4, -0.2) is 147 Å². The van der Waals surface area contributed by atoms with Crippen molar-refractivity contribution in [3.05, 3.63) is 29.8 Å². The fraction of sp³-hybridized carbons (Fsp3) is 0.647. The van der Waals surface area contributed by atoms with Gasteiger partial charge in [0.25, 0.3) is 0 Å². The lowest BCUT2D eigenvalue weighted by Crippen LogP contribution is -2.62. The Bertz CT molecular complexity index is 2230. The van der Waals surface area contributed by atoms with Crippen molar-refractivity contribution in [3.63, 3.8) is 0 Å². The number of primary amides is 4. The summed E-state index contributed by atoms with van der Waals surface area (Å²) in [4.78, 5) is 163. The molecule has 77 heavy (non-hydrogen) atoms. The molecule has 1 unspecified atom stereocenters. The van der Waals surface area contributed by atoms with Crippen molar-refractivity contribution in [2.24, 2.45) is 28.9 Å². The van der Waals surface area contributed by atoms with Crippen LogP contribution in [-0.2, 0) is 64.0 Å². The Morgan fingerprint density at radius 3 is 1.44 bits per heavy atom. The van der Waals surface area contributed by atoms with Gasteiger partial charge in [-0.1, -0.05) is 96.6 Å². The molecule has 12 amide bonds. The number of rotatable bonds is 25. The summed E-state index contributed by atoms with van der Waals surface area (Å²) < 4.78 is 0. The second-order valence-electron chi connectivity index (χ2n) is 20.0. The van der Waals surface area contributed by atoms with Crippen LogP contribution in [0.1, 0.15) is 141 Å². The summed E-state index contributed by atoms with van der Waals surface area (Å²) in [5.41, 5.74) is 22.2. The lowest BCUT2D eigenvalue weighted by atomic mass is 9.99. The third kappa shape index (κ3) is 22.8. The van der Waals surface area contributed by atoms with Crippen molar-refractivity contribution in [1.82, 2.24) is 42.1 Å². The number of hydrogen-bond donors (Lipinski definition) is 13. The van der Waals surface area contributed by atoms with Crippen molar-refractivity contribution < 1.29 is 67.7 Å². The number of nitrogens with two attached hydrogens (primary N) is 4. The minimum Gasteiger partial charge on any atom is -0.508 e. The van der Waals surface area contributed by atoms with E-state index in [1.807, 2.05) is 0 Å². The molecule has 26 heteroatoms. The molecule has 2 aliphatic rings. The first-order valence-electron chi connectivity index (χ1n) is 26.5. The Morgan fingerprint density at radius 1 is 0.545 bits per heavy atom. The van der Waals surface area contributed by atoms with Crippen molar-refractivity contribution >= 4 is 70.9 Å². The van der Waals surface area contributed by atoms with E-state index in [0.717, 1.165) is 49.8 Å². The summed E-state index contributed by atoms with van der Waals surface area (Å²) in [6, 6.07) is -8.11. The molecule has 2 heterocycles. The van der Waals surface area contributed by atoms with Crippen LogP contribution in [0.4, 0.5) is 0 Å². The number of aromatic hydroxyl groups is 1. The van der Waals surface area contributed by atoms with E-state index in [9.17, 15) is 67.7 Å². The van der Waals surface area contributed by atoms with Crippen LogP contribution in [0.25, 0.3) is 0 Å². The average Bonchev–Trinajstić information content (AvgIpc) is 3.87. The van der Waals surface area contributed by atoms with Crippen LogP contribution in [0.15, 0.2) is 24.3 Å². The van der Waals surface area contributed by atoms with Gasteiger partial charge in [0.15, 0.2) is 0 Å². The standard InChI is InChI=1S/C51H80N12O14/c1-3-29(2)14-11-9-7-5-4-6-8-10-12-15-32-44(70)59-36(26-42(54)68)47(73)58-34(24-30-17-19-31(65)20-18-30)45(71)60-37(27-43(55)69)48(74)62-38(28-64)49(75)61-35(25-41(53)67)46(72)57-33(21-22-40(52)66)51(77)63-23-13-16-39(63)50(76)56-32/h17-20,29,32-39,64-65H,3-16,21-28H2,1-2H3,(H2,52,66)(H2,53,67)(H2,54,68)(H2,55,69)(H,56,76)(H,57,72)(H,58,73)(H,59,70)(H,60,71)(H,61,75)(H,62,74)/t29?,32-,33-,34-,35-,36-,37-,38-,39-/m0/s1. The largest absolute Gasteiger partial charge is 0.508 e. The van der Waals surface area contributed by atoms with E-state index in [0.29, 0.717) is 24.3 Å². The van der Waals surface area contributed by atoms with Crippen LogP contribution in [0.3, 0.4) is 0 Å². The summed E-state index contributed by atoms with van der Waals surface area (Å²) in [7, 11) is 0. The number of phenolic OH excluding ortho intramolecular Hbond substituents is 1. The predicted molar refractivity (Wildman–Crippen MR) is 277 cm³/mol. The molecule has 3 rings (SSSR count). The number of aliphatic hydroxyl groups excluding tert-OH is 1. The van der Waals surface area contributed by atoms with Crippen molar-refractivity contribution in [1.29, 1.82) is 0 Å². The SMILES string of the molecule is CCC(C)CCCCCCCCCCC[C@@H]1NC(=O)[C@@H]2CCCN2C(=O)[C@H](CCC(N)=O)NC(=O)[C@H](CC(N)=O)NC(=O)[C@H](CO)NC(=O)[C@H](CC(N)=O)NC(=O)[C@H](Cc2ccc(O)cc2)NC(=O)[C@H](CC(N)=O)NC1=O. The molecule has 0 saturated carbocycles. The third-order valence-electron chi connectivity index (χ3n) is 13.6. The zero-order valence-electron chi connectivity index (χ0n) is 44.1. The maximum atomic E-state index is 14.4. The minimum atomic E-state index is -1.96. The van der Waals surface area contributed by atoms with Gasteiger partial charge >= 0.3 is 0 Å². The van der Waals surface area contributed by atoms with E-state index >= 15 is 0 Å². The fourth-order valence-corrected chi connectivity index (χ4v) is 9.00. The predicted octanol–water partition coefficient (Wildman–Crippen LogP) is -2.45. The number of hydrogen-bond acceptors (Lipinski definition) is 14. The summed E-state index contributed by atoms with van der Waals surface area (Å²) in [6.45, 7) is 3.22. The van der Waals surface area contributed by atoms with E-state index in [-0.39, 0.29) is 38.0 Å². The van der Waals surface area contributed by atoms with Crippen molar-refractivity contribution in [2.45, 2.75) is 191 Å². The van der Waals surface area contributed by atoms with E-state index < -0.39 is 158 Å². The van der Waals surface area contributed by atoms with Crippen LogP contribution in [0, 0.1) is 5.92 Å². The van der Waals surface area contributed by atoms with Crippen LogP contribution >= 0.6 is 0 Å². The first-order chi connectivity index (χ1) is 36.5. The minimum absolute atomic E-state index is 0.0232. The highest BCUT2D eigenvalue weighted by Gasteiger charge is 2.41. The molecule has 26 nitrogen and oxygen atoms in total. The molecule has 1 aromatic carbocycles. The maximum Gasteiger partial charge on any atom is 0.245 e. The highest BCUT2D eigenvalue weighted by molar-refractivity contribution is 6.01. The van der Waals surface area contributed by atoms with Gasteiger partial charge in [-0.15, -0.1) is 0 Å². The van der Waals surface area contributed by atoms with Crippen LogP contribution in [0.5, 0.6) is 5.75 Å². The van der Waals surface area contributed by atoms with Crippen molar-refractivity contribution in [2.75, 3.05) is 13.2 Å². The number of carbonyl (C=O) groups excluding carboxylic acids is 12. The summed E-state index contributed by atoms with van der Waals surface area (Å²) in [5, 5.41) is 36.8. The smallest absolute Gasteiger partial charge is 0.245 e. The molecule has 428 valence electrons. The molecular weight excluding hydrogens is 1000 g/mol. The third-order valence-corrected chi connectivity index (χ3v) is 13.6. The first kappa shape index (κ1) is 63.9. The Labute approximate surface area is 447 Å². The van der Waals surface area contributed by atoms with Crippen molar-refractivity contribution in [3.8, 4) is 5.75 Å². The fourth-order valence-electron chi connectivity index (χ4n) is 9.00. The number of nitrogens with one attached hydrogen (secondary N) is 7. The highest BCUT2D eigenvalue weighted by atomic mass is 16.3. The van der Waals surface area contributed by atoms with Gasteiger partial charge in [-0.3, -0.25) is 57.5 Å². The summed E-state index contributed by atoms with van der Waals surface area (Å²) >= 11 is 0. The summed E-state index contributed by atoms with van der Waals surface area (Å²) in [6.07, 6.45) is 7.18. The molecule has 17 N–H and O–H groups in total. The Balaban J connectivity index is 2.10. The van der Waals surface area contributed by atoms with Crippen LogP contribution < -0.4 is 60.2 Å². The molecule has 0 bridgehead atoms. The van der Waals surface area contributed by atoms with Gasteiger partial charge in [-0.25, -0.2) is 0 Å². The van der Waals surface area contributed by atoms with Crippen LogP contribution in [0.2, 0.25) is 0 Å². The van der Waals surface area contributed by atoms with Gasteiger partial charge < -0.3 is 75.3 Å². The number of carbonyl (C=O) groups is 12. The number of unbranched alkanes of at least 4 members (excludes halogenated alkanes) is 8. The number of aliphatic hydroxyl groups is 1. The lowest BCUT2D eigenvalue weighted by molar-refractivity contribution is -0.143. The first-order valence-corrected chi connectivity index (χ1v) is 26.5. The zero-order valence-corrected chi connectivity index (χ0v) is 44.1. The van der Waals surface area contributed by atoms with E-state index in [2.05, 4.69) is 51.1 Å². The molecular formula is C51H80N12O14. The Kier molecular flexibility index (Phi) is 27.3. The second kappa shape index (κ2) is 32.9. The molecule has 0 radical (unpaired) electrons. The highest BCUT2D eigenvalue weighted by Crippen LogP contribution is 2.22. The number of nitrogens with zero attached hydrogens (tertiary/aromatic N) is 1. The van der Waals surface area contributed by atoms with E-state index in [1.165, 1.54) is 37.1 Å². The van der Waals surface area contributed by atoms with E-state index in [1.54, 1.807) is 0 Å². The zero-order chi connectivity index (χ0) is 57.2. The number of amides is 12. The molecule has 2 saturated heterocycles. The molecule has 2 fully saturated rings. The number of benzene rings is 1. The normalized spacial score (nSPS) is 23.9. The number of fused-ring (bicyclic) bond motifs is 1. The maximum absolute atomic E-state index is 14.4. The molecule has 2 aliphatic heterocycles.